The second kappa shape index (κ2) is 7.27. The summed E-state index contributed by atoms with van der Waals surface area (Å²) in [4.78, 5) is 21.1. The SMILES string of the molecule is O=C(Cc1ccc([C@H]2CNCCO2)c(F)c1)c1cnc2ccccc2n1. The Morgan fingerprint density at radius 1 is 1.23 bits per heavy atom. The first-order valence-corrected chi connectivity index (χ1v) is 8.56. The highest BCUT2D eigenvalue weighted by Crippen LogP contribution is 2.23. The van der Waals surface area contributed by atoms with Crippen molar-refractivity contribution in [2.75, 3.05) is 19.7 Å². The van der Waals surface area contributed by atoms with Crippen LogP contribution in [0.5, 0.6) is 0 Å². The van der Waals surface area contributed by atoms with Crippen molar-refractivity contribution in [2.45, 2.75) is 12.5 Å². The summed E-state index contributed by atoms with van der Waals surface area (Å²) < 4.78 is 20.0. The molecule has 1 aromatic heterocycles. The smallest absolute Gasteiger partial charge is 0.187 e. The number of carbonyl (C=O) groups excluding carboxylic acids is 1. The molecule has 0 spiro atoms. The molecule has 1 fully saturated rings. The molecule has 3 aromatic rings. The van der Waals surface area contributed by atoms with Gasteiger partial charge < -0.3 is 10.1 Å². The molecule has 6 heteroatoms. The van der Waals surface area contributed by atoms with Gasteiger partial charge in [-0.3, -0.25) is 9.78 Å². The van der Waals surface area contributed by atoms with E-state index in [9.17, 15) is 9.18 Å². The maximum absolute atomic E-state index is 14.4. The highest BCUT2D eigenvalue weighted by molar-refractivity contribution is 5.96. The largest absolute Gasteiger partial charge is 0.371 e. The maximum atomic E-state index is 14.4. The number of ether oxygens (including phenoxy) is 1. The normalized spacial score (nSPS) is 17.3. The summed E-state index contributed by atoms with van der Waals surface area (Å²) in [5.41, 5.74) is 2.81. The molecule has 0 radical (unpaired) electrons. The molecule has 1 atom stereocenters. The lowest BCUT2D eigenvalue weighted by Gasteiger charge is -2.24. The number of benzene rings is 2. The molecule has 0 unspecified atom stereocenters. The van der Waals surface area contributed by atoms with Gasteiger partial charge in [-0.15, -0.1) is 0 Å². The van der Waals surface area contributed by atoms with E-state index in [1.807, 2.05) is 24.3 Å². The molecule has 5 nitrogen and oxygen atoms in total. The molecule has 0 bridgehead atoms. The number of nitrogens with zero attached hydrogens (tertiary/aromatic N) is 2. The minimum atomic E-state index is -0.353. The van der Waals surface area contributed by atoms with Crippen molar-refractivity contribution in [1.82, 2.24) is 15.3 Å². The number of fused-ring (bicyclic) bond motifs is 1. The zero-order chi connectivity index (χ0) is 17.9. The molecule has 2 aromatic carbocycles. The van der Waals surface area contributed by atoms with Crippen LogP contribution in [-0.2, 0) is 11.2 Å². The number of Topliss-reactive ketones (excluding diaryl/α,β-unsaturated/α-hetero) is 1. The predicted octanol–water partition coefficient (Wildman–Crippen LogP) is 2.86. The number of rotatable bonds is 4. The Kier molecular flexibility index (Phi) is 4.69. The molecular formula is C20H18FN3O2. The molecule has 4 rings (SSSR count). The van der Waals surface area contributed by atoms with E-state index in [4.69, 9.17) is 4.74 Å². The number of aromatic nitrogens is 2. The van der Waals surface area contributed by atoms with E-state index in [0.29, 0.717) is 29.8 Å². The van der Waals surface area contributed by atoms with Gasteiger partial charge in [0.25, 0.3) is 0 Å². The monoisotopic (exact) mass is 351 g/mol. The summed E-state index contributed by atoms with van der Waals surface area (Å²) in [5.74, 6) is -0.542. The minimum Gasteiger partial charge on any atom is -0.371 e. The average molecular weight is 351 g/mol. The van der Waals surface area contributed by atoms with Crippen LogP contribution in [0.1, 0.15) is 27.7 Å². The molecule has 1 aliphatic heterocycles. The van der Waals surface area contributed by atoms with Gasteiger partial charge in [-0.2, -0.15) is 0 Å². The summed E-state index contributed by atoms with van der Waals surface area (Å²) in [6.45, 7) is 1.92. The number of hydrogen-bond acceptors (Lipinski definition) is 5. The first-order valence-electron chi connectivity index (χ1n) is 8.56. The van der Waals surface area contributed by atoms with Crippen LogP contribution < -0.4 is 5.32 Å². The van der Waals surface area contributed by atoms with E-state index in [1.165, 1.54) is 12.3 Å². The first-order chi connectivity index (χ1) is 12.7. The molecule has 132 valence electrons. The van der Waals surface area contributed by atoms with Crippen LogP contribution in [0.2, 0.25) is 0 Å². The second-order valence-corrected chi connectivity index (χ2v) is 6.26. The first kappa shape index (κ1) is 16.8. The Morgan fingerprint density at radius 2 is 2.08 bits per heavy atom. The standard InChI is InChI=1S/C20H18FN3O2/c21-15-9-13(5-6-14(15)20-12-22-7-8-26-20)10-19(25)18-11-23-16-3-1-2-4-17(16)24-18/h1-6,9,11,20,22H,7-8,10,12H2/t20-/m1/s1. The molecule has 26 heavy (non-hydrogen) atoms. The van der Waals surface area contributed by atoms with Gasteiger partial charge in [-0.05, 0) is 23.8 Å². The Morgan fingerprint density at radius 3 is 2.85 bits per heavy atom. The number of carbonyl (C=O) groups is 1. The number of para-hydroxylation sites is 2. The summed E-state index contributed by atoms with van der Waals surface area (Å²) in [6, 6.07) is 12.2. The van der Waals surface area contributed by atoms with E-state index < -0.39 is 0 Å². The van der Waals surface area contributed by atoms with Crippen LogP contribution in [0.25, 0.3) is 11.0 Å². The molecule has 1 N–H and O–H groups in total. The van der Waals surface area contributed by atoms with Gasteiger partial charge >= 0.3 is 0 Å². The van der Waals surface area contributed by atoms with Gasteiger partial charge in [0.15, 0.2) is 5.78 Å². The Bertz CT molecular complexity index is 955. The fourth-order valence-corrected chi connectivity index (χ4v) is 3.07. The van der Waals surface area contributed by atoms with Crippen molar-refractivity contribution in [1.29, 1.82) is 0 Å². The Labute approximate surface area is 150 Å². The lowest BCUT2D eigenvalue weighted by molar-refractivity contribution is 0.0255. The van der Waals surface area contributed by atoms with E-state index in [1.54, 1.807) is 12.1 Å². The van der Waals surface area contributed by atoms with Crippen LogP contribution in [0.15, 0.2) is 48.7 Å². The van der Waals surface area contributed by atoms with Gasteiger partial charge in [0, 0.05) is 25.1 Å². The quantitative estimate of drug-likeness (QED) is 0.732. The summed E-state index contributed by atoms with van der Waals surface area (Å²) in [7, 11) is 0. The van der Waals surface area contributed by atoms with Crippen LogP contribution in [0, 0.1) is 5.82 Å². The van der Waals surface area contributed by atoms with Gasteiger partial charge in [-0.25, -0.2) is 9.37 Å². The summed E-state index contributed by atoms with van der Waals surface area (Å²) in [6.07, 6.45) is 1.25. The zero-order valence-corrected chi connectivity index (χ0v) is 14.1. The summed E-state index contributed by atoms with van der Waals surface area (Å²) in [5, 5.41) is 3.18. The molecular weight excluding hydrogens is 333 g/mol. The lowest BCUT2D eigenvalue weighted by atomic mass is 10.0. The van der Waals surface area contributed by atoms with E-state index in [-0.39, 0.29) is 29.8 Å². The fourth-order valence-electron chi connectivity index (χ4n) is 3.07. The van der Waals surface area contributed by atoms with Crippen LogP contribution in [0.3, 0.4) is 0 Å². The molecule has 1 aliphatic rings. The van der Waals surface area contributed by atoms with Crippen molar-refractivity contribution in [3.63, 3.8) is 0 Å². The van der Waals surface area contributed by atoms with Crippen molar-refractivity contribution in [3.8, 4) is 0 Å². The fraction of sp³-hybridized carbons (Fsp3) is 0.250. The number of halogens is 1. The van der Waals surface area contributed by atoms with Gasteiger partial charge in [0.2, 0.25) is 0 Å². The highest BCUT2D eigenvalue weighted by atomic mass is 19.1. The van der Waals surface area contributed by atoms with Gasteiger partial charge in [0.05, 0.1) is 29.9 Å². The summed E-state index contributed by atoms with van der Waals surface area (Å²) >= 11 is 0. The molecule has 0 aliphatic carbocycles. The second-order valence-electron chi connectivity index (χ2n) is 6.26. The average Bonchev–Trinajstić information content (AvgIpc) is 2.68. The number of ketones is 1. The number of hydrogen-bond donors (Lipinski definition) is 1. The van der Waals surface area contributed by atoms with Gasteiger partial charge in [0.1, 0.15) is 11.5 Å². The van der Waals surface area contributed by atoms with Crippen LogP contribution >= 0.6 is 0 Å². The molecule has 2 heterocycles. The number of morpholine rings is 1. The molecule has 0 amide bonds. The van der Waals surface area contributed by atoms with E-state index in [2.05, 4.69) is 15.3 Å². The highest BCUT2D eigenvalue weighted by Gasteiger charge is 2.20. The van der Waals surface area contributed by atoms with Crippen LogP contribution in [0.4, 0.5) is 4.39 Å². The molecule has 1 saturated heterocycles. The third-order valence-corrected chi connectivity index (χ3v) is 4.44. The van der Waals surface area contributed by atoms with Gasteiger partial charge in [-0.1, -0.05) is 24.3 Å². The Hall–Kier alpha value is -2.70. The van der Waals surface area contributed by atoms with Crippen molar-refractivity contribution >= 4 is 16.8 Å². The molecule has 0 saturated carbocycles. The Balaban J connectivity index is 1.52. The van der Waals surface area contributed by atoms with E-state index in [0.717, 1.165) is 12.1 Å². The van der Waals surface area contributed by atoms with Crippen molar-refractivity contribution in [2.24, 2.45) is 0 Å². The van der Waals surface area contributed by atoms with Crippen molar-refractivity contribution < 1.29 is 13.9 Å². The number of nitrogens with one attached hydrogen (secondary N) is 1. The zero-order valence-electron chi connectivity index (χ0n) is 14.1. The maximum Gasteiger partial charge on any atom is 0.187 e. The van der Waals surface area contributed by atoms with Crippen LogP contribution in [-0.4, -0.2) is 35.4 Å². The predicted molar refractivity (Wildman–Crippen MR) is 95.5 cm³/mol. The van der Waals surface area contributed by atoms with Crippen molar-refractivity contribution in [3.05, 3.63) is 71.3 Å². The third-order valence-electron chi connectivity index (χ3n) is 4.44. The van der Waals surface area contributed by atoms with E-state index >= 15 is 0 Å². The third kappa shape index (κ3) is 3.47. The minimum absolute atomic E-state index is 0.0774. The lowest BCUT2D eigenvalue weighted by Crippen LogP contribution is -2.33. The topological polar surface area (TPSA) is 64.1 Å².